The van der Waals surface area contributed by atoms with Gasteiger partial charge < -0.3 is 42.6 Å². The van der Waals surface area contributed by atoms with Crippen molar-refractivity contribution in [1.29, 1.82) is 0 Å². The Balaban J connectivity index is 2.40. The normalized spacial score (nSPS) is 13.5. The van der Waals surface area contributed by atoms with E-state index >= 15 is 0 Å². The average molecular weight is 651 g/mol. The van der Waals surface area contributed by atoms with Crippen LogP contribution in [-0.4, -0.2) is 72.1 Å². The Morgan fingerprint density at radius 3 is 0.761 bits per heavy atom. The van der Waals surface area contributed by atoms with Gasteiger partial charge in [0.25, 0.3) is 0 Å². The highest BCUT2D eigenvalue weighted by atomic mass is 28.3. The quantitative estimate of drug-likeness (QED) is 0.181. The molecule has 0 atom stereocenters. The van der Waals surface area contributed by atoms with E-state index in [2.05, 4.69) is 64.1 Å². The molecule has 248 valence electrons. The fourth-order valence-corrected chi connectivity index (χ4v) is 12.8. The standard InChI is InChI=1S/C36H46O9Si/c1-20-21(2)23(4)36(22(20)3)46(24-14-27(37-5)33(43-11)28(15-24)38-6,25-16-29(39-7)34(44-12)30(17-25)40-8)26-18-31(41-9)35(45-13)32(19-26)42-10/h14-19,36H,1-13H3. The molecule has 0 radical (unpaired) electrons. The molecule has 0 saturated carbocycles. The summed E-state index contributed by atoms with van der Waals surface area (Å²) in [5.41, 5.74) is 4.98. The van der Waals surface area contributed by atoms with E-state index < -0.39 is 8.07 Å². The predicted octanol–water partition coefficient (Wildman–Crippen LogP) is 5.29. The lowest BCUT2D eigenvalue weighted by Crippen LogP contribution is -2.70. The maximum absolute atomic E-state index is 5.95. The second-order valence-corrected chi connectivity index (χ2v) is 15.0. The summed E-state index contributed by atoms with van der Waals surface area (Å²) in [4.78, 5) is 0. The number of methoxy groups -OCH3 is 9. The van der Waals surface area contributed by atoms with Crippen molar-refractivity contribution >= 4 is 23.6 Å². The van der Waals surface area contributed by atoms with Crippen molar-refractivity contribution in [3.63, 3.8) is 0 Å². The fraction of sp³-hybridized carbons (Fsp3) is 0.389. The van der Waals surface area contributed by atoms with Crippen LogP contribution >= 0.6 is 0 Å². The number of rotatable bonds is 13. The third kappa shape index (κ3) is 5.28. The van der Waals surface area contributed by atoms with Gasteiger partial charge in [-0.1, -0.05) is 11.1 Å². The average Bonchev–Trinajstić information content (AvgIpc) is 3.28. The number of allylic oxidation sites excluding steroid dienone is 4. The van der Waals surface area contributed by atoms with Crippen LogP contribution in [0.15, 0.2) is 58.7 Å². The van der Waals surface area contributed by atoms with E-state index in [-0.39, 0.29) is 5.54 Å². The van der Waals surface area contributed by atoms with Crippen LogP contribution in [0.1, 0.15) is 27.7 Å². The molecule has 0 aromatic heterocycles. The smallest absolute Gasteiger partial charge is 0.203 e. The van der Waals surface area contributed by atoms with Crippen LogP contribution in [0.5, 0.6) is 51.7 Å². The Hall–Kier alpha value is -4.44. The van der Waals surface area contributed by atoms with Crippen LogP contribution in [0.25, 0.3) is 0 Å². The van der Waals surface area contributed by atoms with E-state index in [4.69, 9.17) is 42.6 Å². The minimum atomic E-state index is -3.36. The first-order valence-electron chi connectivity index (χ1n) is 14.8. The molecule has 0 heterocycles. The molecular weight excluding hydrogens is 604 g/mol. The molecule has 0 N–H and O–H groups in total. The minimum Gasteiger partial charge on any atom is -0.493 e. The van der Waals surface area contributed by atoms with E-state index in [1.807, 2.05) is 0 Å². The number of hydrogen-bond donors (Lipinski definition) is 0. The molecule has 0 amide bonds. The maximum Gasteiger partial charge on any atom is 0.203 e. The second kappa shape index (κ2) is 13.9. The van der Waals surface area contributed by atoms with E-state index in [0.29, 0.717) is 51.7 Å². The molecule has 0 spiro atoms. The van der Waals surface area contributed by atoms with Crippen molar-refractivity contribution in [2.24, 2.45) is 0 Å². The summed E-state index contributed by atoms with van der Waals surface area (Å²) in [6, 6.07) is 12.4. The topological polar surface area (TPSA) is 83.1 Å². The van der Waals surface area contributed by atoms with E-state index in [1.165, 1.54) is 22.3 Å². The molecule has 10 heteroatoms. The Bertz CT molecular complexity index is 1420. The number of benzene rings is 3. The first kappa shape index (κ1) is 34.4. The summed E-state index contributed by atoms with van der Waals surface area (Å²) in [7, 11) is 11.2. The molecule has 1 aliphatic rings. The molecule has 3 aromatic rings. The third-order valence-electron chi connectivity index (χ3n) is 9.40. The van der Waals surface area contributed by atoms with Crippen LogP contribution in [0, 0.1) is 0 Å². The maximum atomic E-state index is 5.95. The van der Waals surface area contributed by atoms with Gasteiger partial charge in [-0.05, 0) is 90.8 Å². The van der Waals surface area contributed by atoms with Gasteiger partial charge in [-0.2, -0.15) is 0 Å². The summed E-state index contributed by atoms with van der Waals surface area (Å²) in [5.74, 6) is 4.78. The lowest BCUT2D eigenvalue weighted by Gasteiger charge is -2.42. The van der Waals surface area contributed by atoms with Gasteiger partial charge in [0.1, 0.15) is 0 Å². The highest BCUT2D eigenvalue weighted by molar-refractivity contribution is 7.13. The van der Waals surface area contributed by atoms with E-state index in [1.54, 1.807) is 64.0 Å². The van der Waals surface area contributed by atoms with Crippen molar-refractivity contribution in [1.82, 2.24) is 0 Å². The fourth-order valence-electron chi connectivity index (χ4n) is 6.93. The Labute approximate surface area is 273 Å². The van der Waals surface area contributed by atoms with Crippen LogP contribution in [0.4, 0.5) is 0 Å². The number of ether oxygens (including phenoxy) is 9. The summed E-state index contributed by atoms with van der Waals surface area (Å²) < 4.78 is 53.1. The zero-order valence-corrected chi connectivity index (χ0v) is 30.2. The van der Waals surface area contributed by atoms with Crippen LogP contribution < -0.4 is 58.2 Å². The van der Waals surface area contributed by atoms with E-state index in [0.717, 1.165) is 15.6 Å². The van der Waals surface area contributed by atoms with Crippen LogP contribution in [0.2, 0.25) is 5.54 Å². The molecule has 0 fully saturated rings. The van der Waals surface area contributed by atoms with Gasteiger partial charge >= 0.3 is 0 Å². The van der Waals surface area contributed by atoms with Crippen LogP contribution in [-0.2, 0) is 0 Å². The monoisotopic (exact) mass is 650 g/mol. The van der Waals surface area contributed by atoms with Crippen molar-refractivity contribution in [3.8, 4) is 51.7 Å². The van der Waals surface area contributed by atoms with Gasteiger partial charge in [0.2, 0.25) is 17.2 Å². The molecule has 4 rings (SSSR count). The molecule has 3 aromatic carbocycles. The Morgan fingerprint density at radius 1 is 0.370 bits per heavy atom. The Morgan fingerprint density at radius 2 is 0.587 bits per heavy atom. The molecule has 46 heavy (non-hydrogen) atoms. The van der Waals surface area contributed by atoms with Crippen LogP contribution in [0.3, 0.4) is 0 Å². The molecule has 9 nitrogen and oxygen atoms in total. The first-order valence-corrected chi connectivity index (χ1v) is 16.9. The summed E-state index contributed by atoms with van der Waals surface area (Å²) in [5, 5.41) is 2.99. The first-order chi connectivity index (χ1) is 22.1. The second-order valence-electron chi connectivity index (χ2n) is 11.1. The van der Waals surface area contributed by atoms with Crippen molar-refractivity contribution in [3.05, 3.63) is 58.7 Å². The molecule has 0 aliphatic heterocycles. The highest BCUT2D eigenvalue weighted by Gasteiger charge is 2.52. The lowest BCUT2D eigenvalue weighted by molar-refractivity contribution is 0.324. The van der Waals surface area contributed by atoms with Crippen molar-refractivity contribution < 1.29 is 42.6 Å². The van der Waals surface area contributed by atoms with Gasteiger partial charge in [-0.3, -0.25) is 0 Å². The predicted molar refractivity (Wildman–Crippen MR) is 183 cm³/mol. The van der Waals surface area contributed by atoms with E-state index in [9.17, 15) is 0 Å². The summed E-state index contributed by atoms with van der Waals surface area (Å²) in [6.07, 6.45) is 0. The van der Waals surface area contributed by atoms with Gasteiger partial charge in [-0.25, -0.2) is 0 Å². The van der Waals surface area contributed by atoms with Crippen molar-refractivity contribution in [2.45, 2.75) is 33.2 Å². The molecule has 0 bridgehead atoms. The van der Waals surface area contributed by atoms with Gasteiger partial charge in [0.15, 0.2) is 42.6 Å². The third-order valence-corrected chi connectivity index (χ3v) is 14.7. The summed E-state index contributed by atoms with van der Waals surface area (Å²) >= 11 is 0. The molecule has 0 saturated heterocycles. The van der Waals surface area contributed by atoms with Gasteiger partial charge in [0, 0.05) is 5.54 Å². The van der Waals surface area contributed by atoms with Gasteiger partial charge in [-0.15, -0.1) is 0 Å². The molecule has 1 aliphatic carbocycles. The molecular formula is C36H46O9Si. The van der Waals surface area contributed by atoms with Crippen molar-refractivity contribution in [2.75, 3.05) is 64.0 Å². The number of hydrogen-bond acceptors (Lipinski definition) is 9. The zero-order valence-electron chi connectivity index (χ0n) is 29.2. The summed E-state index contributed by atoms with van der Waals surface area (Å²) in [6.45, 7) is 8.81. The highest BCUT2D eigenvalue weighted by Crippen LogP contribution is 2.50. The van der Waals surface area contributed by atoms with Gasteiger partial charge in [0.05, 0.1) is 64.0 Å². The lowest BCUT2D eigenvalue weighted by atomic mass is 10.1. The largest absolute Gasteiger partial charge is 0.493 e. The zero-order chi connectivity index (χ0) is 33.9. The molecule has 0 unspecified atom stereocenters. The SMILES string of the molecule is COc1cc([Si](c2cc(OC)c(OC)c(OC)c2)(c2cc(OC)c(OC)c(OC)c2)C2C(C)=C(C)C(C)=C2C)cc(OC)c1OC. The minimum absolute atomic E-state index is 0.0547. The Kier molecular flexibility index (Phi) is 10.4.